The van der Waals surface area contributed by atoms with E-state index in [9.17, 15) is 0 Å². The van der Waals surface area contributed by atoms with Gasteiger partial charge in [-0.3, -0.25) is 0 Å². The van der Waals surface area contributed by atoms with E-state index in [0.29, 0.717) is 11.1 Å². The maximum Gasteiger partial charge on any atom is 0.0994 e. The molecule has 0 aromatic heterocycles. The summed E-state index contributed by atoms with van der Waals surface area (Å²) in [7, 11) is 0. The Morgan fingerprint density at radius 3 is 2.31 bits per heavy atom. The molecule has 1 aromatic rings. The summed E-state index contributed by atoms with van der Waals surface area (Å²) in [5, 5.41) is 17.4. The van der Waals surface area contributed by atoms with Crippen molar-refractivity contribution in [1.82, 2.24) is 0 Å². The summed E-state index contributed by atoms with van der Waals surface area (Å²) in [6, 6.07) is 9.23. The summed E-state index contributed by atoms with van der Waals surface area (Å²) in [6.45, 7) is 3.86. The van der Waals surface area contributed by atoms with Crippen molar-refractivity contribution in [3.8, 4) is 12.1 Å². The van der Waals surface area contributed by atoms with E-state index in [4.69, 9.17) is 10.5 Å². The van der Waals surface area contributed by atoms with Gasteiger partial charge in [0, 0.05) is 5.92 Å². The van der Waals surface area contributed by atoms with E-state index in [1.54, 1.807) is 18.2 Å². The van der Waals surface area contributed by atoms with E-state index in [2.05, 4.69) is 12.1 Å². The largest absolute Gasteiger partial charge is 0.192 e. The van der Waals surface area contributed by atoms with Gasteiger partial charge < -0.3 is 0 Å². The van der Waals surface area contributed by atoms with Crippen molar-refractivity contribution in [2.24, 2.45) is 0 Å². The predicted octanol–water partition coefficient (Wildman–Crippen LogP) is 2.39. The fraction of sp³-hybridized carbons (Fsp3) is 0.182. The quantitative estimate of drug-likeness (QED) is 0.648. The molecule has 0 saturated carbocycles. The van der Waals surface area contributed by atoms with Crippen molar-refractivity contribution in [1.29, 1.82) is 10.5 Å². The Kier molecular flexibility index (Phi) is 2.67. The molecule has 1 rings (SSSR count). The lowest BCUT2D eigenvalue weighted by Crippen LogP contribution is -1.94. The van der Waals surface area contributed by atoms with E-state index < -0.39 is 0 Å². The van der Waals surface area contributed by atoms with Crippen LogP contribution in [-0.4, -0.2) is 0 Å². The van der Waals surface area contributed by atoms with Crippen LogP contribution in [0.4, 0.5) is 0 Å². The second-order valence-corrected chi connectivity index (χ2v) is 2.98. The number of nitrogens with zero attached hydrogens (tertiary/aromatic N) is 2. The third-order valence-electron chi connectivity index (χ3n) is 1.81. The summed E-state index contributed by atoms with van der Waals surface area (Å²) in [4.78, 5) is 0. The van der Waals surface area contributed by atoms with Gasteiger partial charge in [0.2, 0.25) is 0 Å². The van der Waals surface area contributed by atoms with Crippen molar-refractivity contribution in [2.45, 2.75) is 13.8 Å². The highest BCUT2D eigenvalue weighted by atomic mass is 14.3. The number of hydrogen-bond acceptors (Lipinski definition) is 2. The molecule has 1 aromatic carbocycles. The normalized spacial score (nSPS) is 9.31. The van der Waals surface area contributed by atoms with Crippen molar-refractivity contribution >= 4 is 0 Å². The van der Waals surface area contributed by atoms with Gasteiger partial charge in [0.05, 0.1) is 23.3 Å². The first-order valence-corrected chi connectivity index (χ1v) is 3.94. The molecule has 1 radical (unpaired) electrons. The fourth-order valence-electron chi connectivity index (χ4n) is 1.12. The molecule has 0 fully saturated rings. The van der Waals surface area contributed by atoms with Crippen molar-refractivity contribution in [3.63, 3.8) is 0 Å². The zero-order valence-corrected chi connectivity index (χ0v) is 7.63. The second kappa shape index (κ2) is 3.74. The second-order valence-electron chi connectivity index (χ2n) is 2.98. The van der Waals surface area contributed by atoms with Gasteiger partial charge in [0.1, 0.15) is 0 Å². The lowest BCUT2D eigenvalue weighted by atomic mass is 9.96. The van der Waals surface area contributed by atoms with Gasteiger partial charge in [-0.2, -0.15) is 10.5 Å². The van der Waals surface area contributed by atoms with Crippen molar-refractivity contribution < 1.29 is 0 Å². The first kappa shape index (κ1) is 9.29. The van der Waals surface area contributed by atoms with Crippen LogP contribution in [0.1, 0.15) is 30.5 Å². The summed E-state index contributed by atoms with van der Waals surface area (Å²) < 4.78 is 0. The van der Waals surface area contributed by atoms with E-state index in [0.717, 1.165) is 11.5 Å². The first-order valence-electron chi connectivity index (χ1n) is 3.94. The van der Waals surface area contributed by atoms with Crippen LogP contribution < -0.4 is 0 Å². The van der Waals surface area contributed by atoms with Crippen LogP contribution in [0.25, 0.3) is 0 Å². The predicted molar refractivity (Wildman–Crippen MR) is 49.6 cm³/mol. The minimum atomic E-state index is 0.593. The molecule has 0 unspecified atom stereocenters. The SMILES string of the molecule is C[C](C)c1cc(C#N)ccc1C#N. The lowest BCUT2D eigenvalue weighted by molar-refractivity contribution is 1.14. The highest BCUT2D eigenvalue weighted by molar-refractivity contribution is 5.49. The summed E-state index contributed by atoms with van der Waals surface area (Å²) in [5.41, 5.74) is 2.08. The Bertz CT molecular complexity index is 392. The summed E-state index contributed by atoms with van der Waals surface area (Å²) in [6.07, 6.45) is 0. The van der Waals surface area contributed by atoms with Gasteiger partial charge in [0.25, 0.3) is 0 Å². The fourth-order valence-corrected chi connectivity index (χ4v) is 1.12. The van der Waals surface area contributed by atoms with E-state index in [-0.39, 0.29) is 0 Å². The molecule has 2 heteroatoms. The molecule has 63 valence electrons. The standard InChI is InChI=1S/C11H9N2/c1-8(2)11-5-9(6-12)3-4-10(11)7-13/h3-5H,1-2H3. The van der Waals surface area contributed by atoms with Crippen LogP contribution in [0.15, 0.2) is 18.2 Å². The number of hydrogen-bond donors (Lipinski definition) is 0. The molecule has 0 N–H and O–H groups in total. The van der Waals surface area contributed by atoms with Crippen LogP contribution in [0.5, 0.6) is 0 Å². The zero-order valence-electron chi connectivity index (χ0n) is 7.63. The van der Waals surface area contributed by atoms with E-state index >= 15 is 0 Å². The number of nitriles is 2. The van der Waals surface area contributed by atoms with Gasteiger partial charge in [-0.15, -0.1) is 0 Å². The summed E-state index contributed by atoms with van der Waals surface area (Å²) in [5.74, 6) is 1.05. The number of benzene rings is 1. The van der Waals surface area contributed by atoms with Gasteiger partial charge in [-0.05, 0) is 23.8 Å². The Morgan fingerprint density at radius 2 is 1.85 bits per heavy atom. The minimum Gasteiger partial charge on any atom is -0.192 e. The Hall–Kier alpha value is -1.80. The molecule has 0 atom stereocenters. The highest BCUT2D eigenvalue weighted by Crippen LogP contribution is 2.19. The van der Waals surface area contributed by atoms with Crippen LogP contribution >= 0.6 is 0 Å². The van der Waals surface area contributed by atoms with Gasteiger partial charge in [0.15, 0.2) is 0 Å². The Morgan fingerprint density at radius 1 is 1.15 bits per heavy atom. The van der Waals surface area contributed by atoms with Crippen LogP contribution in [0.3, 0.4) is 0 Å². The van der Waals surface area contributed by atoms with Crippen LogP contribution in [0.2, 0.25) is 0 Å². The third-order valence-corrected chi connectivity index (χ3v) is 1.81. The van der Waals surface area contributed by atoms with Gasteiger partial charge in [-0.25, -0.2) is 0 Å². The molecule has 0 amide bonds. The maximum atomic E-state index is 8.78. The minimum absolute atomic E-state index is 0.593. The molecule has 0 saturated heterocycles. The Labute approximate surface area is 78.0 Å². The molecule has 13 heavy (non-hydrogen) atoms. The number of rotatable bonds is 1. The monoisotopic (exact) mass is 169 g/mol. The summed E-state index contributed by atoms with van der Waals surface area (Å²) >= 11 is 0. The molecule has 0 aliphatic heterocycles. The van der Waals surface area contributed by atoms with Crippen LogP contribution in [-0.2, 0) is 0 Å². The molecule has 0 heterocycles. The third kappa shape index (κ3) is 1.86. The van der Waals surface area contributed by atoms with Crippen molar-refractivity contribution in [2.75, 3.05) is 0 Å². The Balaban J connectivity index is 3.30. The molecule has 2 nitrogen and oxygen atoms in total. The average molecular weight is 169 g/mol. The molecular formula is C11H9N2. The van der Waals surface area contributed by atoms with Crippen molar-refractivity contribution in [3.05, 3.63) is 40.8 Å². The molecule has 0 spiro atoms. The molecular weight excluding hydrogens is 160 g/mol. The van der Waals surface area contributed by atoms with Gasteiger partial charge in [-0.1, -0.05) is 13.8 Å². The van der Waals surface area contributed by atoms with Gasteiger partial charge >= 0.3 is 0 Å². The van der Waals surface area contributed by atoms with E-state index in [1.165, 1.54) is 0 Å². The maximum absolute atomic E-state index is 8.78. The molecule has 0 bridgehead atoms. The topological polar surface area (TPSA) is 47.6 Å². The highest BCUT2D eigenvalue weighted by Gasteiger charge is 2.07. The lowest BCUT2D eigenvalue weighted by Gasteiger charge is -2.06. The van der Waals surface area contributed by atoms with E-state index in [1.807, 2.05) is 13.8 Å². The van der Waals surface area contributed by atoms with Crippen LogP contribution in [0, 0.1) is 28.6 Å². The molecule has 0 aliphatic rings. The average Bonchev–Trinajstić information content (AvgIpc) is 2.16. The molecule has 0 aliphatic carbocycles. The first-order chi connectivity index (χ1) is 6.19. The zero-order chi connectivity index (χ0) is 9.84. The smallest absolute Gasteiger partial charge is 0.0994 e.